The molecular weight excluding hydrogens is 278 g/mol. The molecule has 1 atom stereocenters. The minimum Gasteiger partial charge on any atom is -0.466 e. The van der Waals surface area contributed by atoms with Crippen molar-refractivity contribution in [3.05, 3.63) is 0 Å². The molecule has 0 saturated carbocycles. The van der Waals surface area contributed by atoms with Gasteiger partial charge in [0.1, 0.15) is 0 Å². The van der Waals surface area contributed by atoms with Crippen molar-refractivity contribution < 1.29 is 14.3 Å². The highest BCUT2D eigenvalue weighted by molar-refractivity contribution is 5.77. The molecule has 0 saturated heterocycles. The Morgan fingerprint density at radius 3 is 2.23 bits per heavy atom. The summed E-state index contributed by atoms with van der Waals surface area (Å²) in [6, 6.07) is 0.183. The van der Waals surface area contributed by atoms with Crippen molar-refractivity contribution in [2.24, 2.45) is 0 Å². The van der Waals surface area contributed by atoms with Crippen molar-refractivity contribution in [3.8, 4) is 0 Å². The second-order valence-corrected chi connectivity index (χ2v) is 5.98. The standard InChI is InChI=1S/C18H35NO3/c1-5-8-10-11-12-17(20)19(16(4)7-3)14-13-18(21)22-15-9-6-2/h16H,5-15H2,1-4H3. The molecule has 22 heavy (non-hydrogen) atoms. The summed E-state index contributed by atoms with van der Waals surface area (Å²) < 4.78 is 5.16. The van der Waals surface area contributed by atoms with Crippen LogP contribution in [0.1, 0.15) is 85.5 Å². The number of amides is 1. The van der Waals surface area contributed by atoms with E-state index < -0.39 is 0 Å². The van der Waals surface area contributed by atoms with Gasteiger partial charge >= 0.3 is 5.97 Å². The summed E-state index contributed by atoms with van der Waals surface area (Å²) in [5.41, 5.74) is 0. The van der Waals surface area contributed by atoms with E-state index in [4.69, 9.17) is 4.74 Å². The van der Waals surface area contributed by atoms with Crippen LogP contribution in [0.25, 0.3) is 0 Å². The number of carbonyl (C=O) groups excluding carboxylic acids is 2. The number of rotatable bonds is 13. The van der Waals surface area contributed by atoms with Gasteiger partial charge in [-0.05, 0) is 26.2 Å². The first kappa shape index (κ1) is 20.9. The van der Waals surface area contributed by atoms with E-state index in [0.717, 1.165) is 32.1 Å². The largest absolute Gasteiger partial charge is 0.466 e. The molecule has 0 rings (SSSR count). The molecule has 130 valence electrons. The highest BCUT2D eigenvalue weighted by atomic mass is 16.5. The number of hydrogen-bond donors (Lipinski definition) is 0. The smallest absolute Gasteiger partial charge is 0.307 e. The fourth-order valence-corrected chi connectivity index (χ4v) is 2.27. The van der Waals surface area contributed by atoms with Gasteiger partial charge in [0.15, 0.2) is 0 Å². The Morgan fingerprint density at radius 1 is 0.955 bits per heavy atom. The van der Waals surface area contributed by atoms with E-state index >= 15 is 0 Å². The zero-order chi connectivity index (χ0) is 16.8. The number of hydrogen-bond acceptors (Lipinski definition) is 3. The maximum Gasteiger partial charge on any atom is 0.307 e. The van der Waals surface area contributed by atoms with E-state index in [1.165, 1.54) is 12.8 Å². The zero-order valence-corrected chi connectivity index (χ0v) is 15.0. The normalized spacial score (nSPS) is 12.0. The molecule has 4 heteroatoms. The number of carbonyl (C=O) groups is 2. The summed E-state index contributed by atoms with van der Waals surface area (Å²) in [6.45, 7) is 9.32. The zero-order valence-electron chi connectivity index (χ0n) is 15.0. The Hall–Kier alpha value is -1.06. The van der Waals surface area contributed by atoms with E-state index in [9.17, 15) is 9.59 Å². The fraction of sp³-hybridized carbons (Fsp3) is 0.889. The number of nitrogens with zero attached hydrogens (tertiary/aromatic N) is 1. The molecule has 4 nitrogen and oxygen atoms in total. The van der Waals surface area contributed by atoms with E-state index in [1.807, 2.05) is 11.8 Å². The minimum atomic E-state index is -0.194. The van der Waals surface area contributed by atoms with Crippen LogP contribution in [0.5, 0.6) is 0 Å². The van der Waals surface area contributed by atoms with Crippen LogP contribution in [0.4, 0.5) is 0 Å². The average Bonchev–Trinajstić information content (AvgIpc) is 2.51. The van der Waals surface area contributed by atoms with Gasteiger partial charge in [-0.15, -0.1) is 0 Å². The molecule has 0 fully saturated rings. The lowest BCUT2D eigenvalue weighted by Gasteiger charge is -2.28. The van der Waals surface area contributed by atoms with E-state index in [-0.39, 0.29) is 17.9 Å². The Morgan fingerprint density at radius 2 is 1.64 bits per heavy atom. The second kappa shape index (κ2) is 13.6. The molecule has 0 spiro atoms. The van der Waals surface area contributed by atoms with Crippen molar-refractivity contribution in [3.63, 3.8) is 0 Å². The lowest BCUT2D eigenvalue weighted by molar-refractivity contribution is -0.145. The predicted octanol–water partition coefficient (Wildman–Crippen LogP) is 4.32. The van der Waals surface area contributed by atoms with Crippen molar-refractivity contribution in [1.82, 2.24) is 4.90 Å². The lowest BCUT2D eigenvalue weighted by atomic mass is 10.1. The Balaban J connectivity index is 4.21. The molecule has 1 unspecified atom stereocenters. The van der Waals surface area contributed by atoms with E-state index in [1.54, 1.807) is 0 Å². The molecule has 0 aromatic carbocycles. The van der Waals surface area contributed by atoms with Gasteiger partial charge in [0.25, 0.3) is 0 Å². The van der Waals surface area contributed by atoms with Gasteiger partial charge in [-0.25, -0.2) is 0 Å². The summed E-state index contributed by atoms with van der Waals surface area (Å²) in [6.07, 6.45) is 8.12. The molecule has 1 amide bonds. The van der Waals surface area contributed by atoms with Gasteiger partial charge in [-0.2, -0.15) is 0 Å². The van der Waals surface area contributed by atoms with Crippen LogP contribution < -0.4 is 0 Å². The van der Waals surface area contributed by atoms with Gasteiger partial charge in [0.2, 0.25) is 5.91 Å². The van der Waals surface area contributed by atoms with Gasteiger partial charge < -0.3 is 9.64 Å². The van der Waals surface area contributed by atoms with Crippen LogP contribution in [0, 0.1) is 0 Å². The first-order valence-corrected chi connectivity index (χ1v) is 9.01. The summed E-state index contributed by atoms with van der Waals surface area (Å²) in [4.78, 5) is 25.9. The molecule has 0 aromatic rings. The quantitative estimate of drug-likeness (QED) is 0.376. The maximum atomic E-state index is 12.4. The van der Waals surface area contributed by atoms with Gasteiger partial charge in [-0.1, -0.05) is 46.5 Å². The third-order valence-corrected chi connectivity index (χ3v) is 4.01. The SMILES string of the molecule is CCCCCCC(=O)N(CCC(=O)OCCCC)C(C)CC. The third-order valence-electron chi connectivity index (χ3n) is 4.01. The summed E-state index contributed by atoms with van der Waals surface area (Å²) in [5.74, 6) is -0.0210. The Bertz CT molecular complexity index is 305. The number of esters is 1. The third kappa shape index (κ3) is 9.80. The molecule has 0 heterocycles. The summed E-state index contributed by atoms with van der Waals surface area (Å²) >= 11 is 0. The van der Waals surface area contributed by atoms with Gasteiger partial charge in [0.05, 0.1) is 13.0 Å². The highest BCUT2D eigenvalue weighted by Crippen LogP contribution is 2.11. The maximum absolute atomic E-state index is 12.4. The van der Waals surface area contributed by atoms with Crippen LogP contribution in [-0.4, -0.2) is 36.0 Å². The van der Waals surface area contributed by atoms with Crippen LogP contribution >= 0.6 is 0 Å². The Labute approximate surface area is 136 Å². The molecule has 0 N–H and O–H groups in total. The molecule has 0 bridgehead atoms. The minimum absolute atomic E-state index is 0.173. The lowest BCUT2D eigenvalue weighted by Crippen LogP contribution is -2.39. The summed E-state index contributed by atoms with van der Waals surface area (Å²) in [5, 5.41) is 0. The van der Waals surface area contributed by atoms with Crippen molar-refractivity contribution in [1.29, 1.82) is 0 Å². The first-order chi connectivity index (χ1) is 10.6. The van der Waals surface area contributed by atoms with Crippen LogP contribution in [0.2, 0.25) is 0 Å². The summed E-state index contributed by atoms with van der Waals surface area (Å²) in [7, 11) is 0. The average molecular weight is 313 g/mol. The van der Waals surface area contributed by atoms with Crippen molar-refractivity contribution >= 4 is 11.9 Å². The van der Waals surface area contributed by atoms with Crippen LogP contribution in [-0.2, 0) is 14.3 Å². The topological polar surface area (TPSA) is 46.6 Å². The van der Waals surface area contributed by atoms with E-state index in [0.29, 0.717) is 26.0 Å². The van der Waals surface area contributed by atoms with Crippen molar-refractivity contribution in [2.75, 3.05) is 13.2 Å². The van der Waals surface area contributed by atoms with Crippen molar-refractivity contribution in [2.45, 2.75) is 91.5 Å². The number of ether oxygens (including phenoxy) is 1. The number of unbranched alkanes of at least 4 members (excludes halogenated alkanes) is 4. The van der Waals surface area contributed by atoms with Gasteiger partial charge in [0, 0.05) is 19.0 Å². The fourth-order valence-electron chi connectivity index (χ4n) is 2.27. The second-order valence-electron chi connectivity index (χ2n) is 5.98. The molecule has 0 aliphatic carbocycles. The highest BCUT2D eigenvalue weighted by Gasteiger charge is 2.19. The molecule has 0 aliphatic rings. The molecule has 0 aliphatic heterocycles. The monoisotopic (exact) mass is 313 g/mol. The molecular formula is C18H35NO3. The molecule has 0 radical (unpaired) electrons. The Kier molecular flexibility index (Phi) is 12.9. The van der Waals surface area contributed by atoms with Crippen LogP contribution in [0.15, 0.2) is 0 Å². The van der Waals surface area contributed by atoms with Crippen LogP contribution in [0.3, 0.4) is 0 Å². The predicted molar refractivity (Wildman–Crippen MR) is 90.7 cm³/mol. The van der Waals surface area contributed by atoms with Gasteiger partial charge in [-0.3, -0.25) is 9.59 Å². The first-order valence-electron chi connectivity index (χ1n) is 9.01. The molecule has 0 aromatic heterocycles. The van der Waals surface area contributed by atoms with E-state index in [2.05, 4.69) is 20.8 Å².